The zero-order valence-corrected chi connectivity index (χ0v) is 25.0. The fourth-order valence-electron chi connectivity index (χ4n) is 7.44. The Bertz CT molecular complexity index is 872. The van der Waals surface area contributed by atoms with Gasteiger partial charge >= 0.3 is 12.2 Å². The molecule has 0 bridgehead atoms. The van der Waals surface area contributed by atoms with Crippen molar-refractivity contribution >= 4 is 23.6 Å². The second kappa shape index (κ2) is 11.8. The highest BCUT2D eigenvalue weighted by Crippen LogP contribution is 2.43. The summed E-state index contributed by atoms with van der Waals surface area (Å²) in [6.07, 6.45) is 2.68. The lowest BCUT2D eigenvalue weighted by atomic mass is 9.65. The van der Waals surface area contributed by atoms with Crippen molar-refractivity contribution in [3.05, 3.63) is 24.3 Å². The molecule has 6 N–H and O–H groups in total. The van der Waals surface area contributed by atoms with Crippen molar-refractivity contribution in [1.82, 2.24) is 15.5 Å². The molecule has 1 aromatic carbocycles. The number of amides is 2. The van der Waals surface area contributed by atoms with E-state index in [1.54, 1.807) is 0 Å². The predicted octanol–water partition coefficient (Wildman–Crippen LogP) is 5.90. The first-order valence-electron chi connectivity index (χ1n) is 13.5. The Morgan fingerprint density at radius 1 is 0.763 bits per heavy atom. The average molecular weight is 534 g/mol. The molecule has 38 heavy (non-hydrogen) atoms. The molecule has 0 aliphatic carbocycles. The molecule has 1 aromatic rings. The van der Waals surface area contributed by atoms with Gasteiger partial charge in [0.05, 0.1) is 0 Å². The van der Waals surface area contributed by atoms with Crippen LogP contribution in [0.25, 0.3) is 0 Å². The van der Waals surface area contributed by atoms with Crippen LogP contribution in [0, 0.1) is 11.8 Å². The Labute approximate surface area is 229 Å². The molecule has 0 aromatic heterocycles. The van der Waals surface area contributed by atoms with Crippen LogP contribution in [-0.2, 0) is 0 Å². The summed E-state index contributed by atoms with van der Waals surface area (Å²) in [5.41, 5.74) is 1.50. The van der Waals surface area contributed by atoms with Crippen LogP contribution in [0.3, 0.4) is 0 Å². The van der Waals surface area contributed by atoms with Gasteiger partial charge in [-0.25, -0.2) is 9.59 Å². The van der Waals surface area contributed by atoms with E-state index < -0.39 is 12.2 Å². The van der Waals surface area contributed by atoms with E-state index in [0.717, 1.165) is 11.8 Å². The maximum absolute atomic E-state index is 10.3. The molecule has 9 heteroatoms. The van der Waals surface area contributed by atoms with Gasteiger partial charge in [0.15, 0.2) is 0 Å². The first-order valence-corrected chi connectivity index (χ1v) is 13.5. The van der Waals surface area contributed by atoms with E-state index in [1.165, 1.54) is 49.9 Å². The molecule has 2 saturated heterocycles. The molecule has 2 amide bonds. The number of nitrogens with zero attached hydrogens (tertiary/aromatic N) is 1. The summed E-state index contributed by atoms with van der Waals surface area (Å²) in [5.74, 6) is 1.50. The number of piperidine rings is 2. The summed E-state index contributed by atoms with van der Waals surface area (Å²) in [6, 6.07) is 6.60. The first kappa shape index (κ1) is 31.9. The lowest BCUT2D eigenvalue weighted by molar-refractivity contribution is 0.00648. The van der Waals surface area contributed by atoms with Crippen LogP contribution in [0.5, 0.6) is 0 Å². The Morgan fingerprint density at radius 3 is 1.34 bits per heavy atom. The molecule has 2 aliphatic heterocycles. The molecule has 0 atom stereocenters. The standard InChI is InChI=1S/C21H43N3.C8H8N2O4/c1-18(2)11-15(12-19(3,4)22-18)17(24(9)10)16-13-20(5,6)23-21(7,8)14-16;11-7(12)9-5-2-1-3-6(4-5)10-8(13)14/h15-17,22-23H,11-14H2,1-10H3;1-4,9-10H,(H,11,12)(H,13,14). The normalized spacial score (nSPS) is 22.3. The molecule has 216 valence electrons. The van der Waals surface area contributed by atoms with Gasteiger partial charge in [-0.1, -0.05) is 6.07 Å². The van der Waals surface area contributed by atoms with Crippen molar-refractivity contribution in [3.63, 3.8) is 0 Å². The Balaban J connectivity index is 0.000000308. The minimum Gasteiger partial charge on any atom is -0.465 e. The molecule has 0 radical (unpaired) electrons. The van der Waals surface area contributed by atoms with Crippen LogP contribution in [0.2, 0.25) is 0 Å². The summed E-state index contributed by atoms with van der Waals surface area (Å²) in [5, 5.41) is 28.7. The third-order valence-electron chi connectivity index (χ3n) is 7.37. The van der Waals surface area contributed by atoms with Crippen molar-refractivity contribution in [1.29, 1.82) is 0 Å². The number of hydrogen-bond donors (Lipinski definition) is 6. The molecule has 0 saturated carbocycles. The lowest BCUT2D eigenvalue weighted by Crippen LogP contribution is -2.64. The van der Waals surface area contributed by atoms with E-state index in [9.17, 15) is 9.59 Å². The summed E-state index contributed by atoms with van der Waals surface area (Å²) < 4.78 is 0. The zero-order valence-electron chi connectivity index (χ0n) is 25.0. The molecule has 0 spiro atoms. The number of carbonyl (C=O) groups is 2. The number of rotatable bonds is 5. The maximum Gasteiger partial charge on any atom is 0.409 e. The third-order valence-corrected chi connectivity index (χ3v) is 7.37. The van der Waals surface area contributed by atoms with E-state index in [1.807, 2.05) is 0 Å². The number of nitrogens with one attached hydrogen (secondary N) is 4. The number of anilines is 2. The molecular formula is C29H51N5O4. The number of hydrogen-bond acceptors (Lipinski definition) is 5. The van der Waals surface area contributed by atoms with Gasteiger partial charge in [-0.3, -0.25) is 10.6 Å². The van der Waals surface area contributed by atoms with Gasteiger partial charge in [-0.05, 0) is 125 Å². The Hall–Kier alpha value is -2.36. The van der Waals surface area contributed by atoms with Crippen LogP contribution in [-0.4, -0.2) is 69.6 Å². The minimum absolute atomic E-state index is 0.221. The summed E-state index contributed by atoms with van der Waals surface area (Å²) in [6.45, 7) is 19.0. The van der Waals surface area contributed by atoms with E-state index >= 15 is 0 Å². The topological polar surface area (TPSA) is 126 Å². The molecular weight excluding hydrogens is 482 g/mol. The average Bonchev–Trinajstić information content (AvgIpc) is 2.62. The van der Waals surface area contributed by atoms with Gasteiger partial charge in [0, 0.05) is 39.6 Å². The smallest absolute Gasteiger partial charge is 0.409 e. The van der Waals surface area contributed by atoms with Crippen molar-refractivity contribution in [2.24, 2.45) is 11.8 Å². The largest absolute Gasteiger partial charge is 0.465 e. The fourth-order valence-corrected chi connectivity index (χ4v) is 7.44. The van der Waals surface area contributed by atoms with Gasteiger partial charge in [-0.15, -0.1) is 0 Å². The van der Waals surface area contributed by atoms with Crippen molar-refractivity contribution in [2.75, 3.05) is 24.7 Å². The van der Waals surface area contributed by atoms with Gasteiger partial charge in [-0.2, -0.15) is 0 Å². The highest BCUT2D eigenvalue weighted by atomic mass is 16.4. The highest BCUT2D eigenvalue weighted by Gasteiger charge is 2.47. The summed E-state index contributed by atoms with van der Waals surface area (Å²) >= 11 is 0. The van der Waals surface area contributed by atoms with Crippen LogP contribution in [0.4, 0.5) is 21.0 Å². The van der Waals surface area contributed by atoms with Crippen LogP contribution >= 0.6 is 0 Å². The van der Waals surface area contributed by atoms with Gasteiger partial charge in [0.25, 0.3) is 0 Å². The van der Waals surface area contributed by atoms with Crippen molar-refractivity contribution in [3.8, 4) is 0 Å². The molecule has 3 rings (SSSR count). The summed E-state index contributed by atoms with van der Waals surface area (Å²) in [4.78, 5) is 23.0. The van der Waals surface area contributed by atoms with Gasteiger partial charge in [0.1, 0.15) is 0 Å². The monoisotopic (exact) mass is 533 g/mol. The summed E-state index contributed by atoms with van der Waals surface area (Å²) in [7, 11) is 4.60. The first-order chi connectivity index (χ1) is 17.2. The van der Waals surface area contributed by atoms with E-state index in [2.05, 4.69) is 95.7 Å². The highest BCUT2D eigenvalue weighted by molar-refractivity contribution is 5.87. The Morgan fingerprint density at radius 2 is 1.08 bits per heavy atom. The molecule has 2 fully saturated rings. The molecule has 0 unspecified atom stereocenters. The van der Waals surface area contributed by atoms with Crippen molar-refractivity contribution in [2.45, 2.75) is 109 Å². The quantitative estimate of drug-likeness (QED) is 0.278. The SMILES string of the molecule is CN(C)C(C1CC(C)(C)NC(C)(C)C1)C1CC(C)(C)NC(C)(C)C1.O=C(O)Nc1cccc(NC(=O)O)c1. The van der Waals surface area contributed by atoms with E-state index in [0.29, 0.717) is 17.4 Å². The number of benzene rings is 1. The zero-order chi connectivity index (χ0) is 29.1. The predicted molar refractivity (Wildman–Crippen MR) is 155 cm³/mol. The second-order valence-corrected chi connectivity index (χ2v) is 14.0. The van der Waals surface area contributed by atoms with Crippen LogP contribution in [0.1, 0.15) is 81.1 Å². The molecule has 9 nitrogen and oxygen atoms in total. The second-order valence-electron chi connectivity index (χ2n) is 14.0. The van der Waals surface area contributed by atoms with Crippen molar-refractivity contribution < 1.29 is 19.8 Å². The van der Waals surface area contributed by atoms with Crippen LogP contribution < -0.4 is 21.3 Å². The maximum atomic E-state index is 10.3. The number of carboxylic acid groups (broad SMARTS) is 2. The van der Waals surface area contributed by atoms with Gasteiger partial charge < -0.3 is 25.7 Å². The molecule has 2 heterocycles. The van der Waals surface area contributed by atoms with E-state index in [-0.39, 0.29) is 22.2 Å². The Kier molecular flexibility index (Phi) is 9.89. The molecule has 2 aliphatic rings. The third kappa shape index (κ3) is 10.1. The lowest BCUT2D eigenvalue weighted by Gasteiger charge is -2.55. The van der Waals surface area contributed by atoms with Crippen LogP contribution in [0.15, 0.2) is 24.3 Å². The fraction of sp³-hybridized carbons (Fsp3) is 0.724. The van der Waals surface area contributed by atoms with E-state index in [4.69, 9.17) is 10.2 Å². The van der Waals surface area contributed by atoms with Gasteiger partial charge in [0.2, 0.25) is 0 Å². The minimum atomic E-state index is -1.20.